The quantitative estimate of drug-likeness (QED) is 0.167. The molecule has 0 radical (unpaired) electrons. The number of carbonyl (C=O) groups is 2. The Morgan fingerprint density at radius 3 is 2.13 bits per heavy atom. The lowest BCUT2D eigenvalue weighted by molar-refractivity contribution is -0.0980. The van der Waals surface area contributed by atoms with Crippen molar-refractivity contribution >= 4 is 13.1 Å². The summed E-state index contributed by atoms with van der Waals surface area (Å²) in [6, 6.07) is 23.9. The lowest BCUT2D eigenvalue weighted by atomic mass is 10.0. The van der Waals surface area contributed by atoms with E-state index in [-0.39, 0.29) is 5.75 Å². The summed E-state index contributed by atoms with van der Waals surface area (Å²) >= 11 is 0. The molecule has 2 N–H and O–H groups in total. The van der Waals surface area contributed by atoms with Crippen molar-refractivity contribution in [1.29, 1.82) is 0 Å². The average molecular weight is 632 g/mol. The highest BCUT2D eigenvalue weighted by molar-refractivity contribution is 5.75. The van der Waals surface area contributed by atoms with E-state index < -0.39 is 0 Å². The molecule has 1 heterocycles. The smallest absolute Gasteiger partial charge is 0.150 e. The molecule has 1 aliphatic rings. The highest BCUT2D eigenvalue weighted by Crippen LogP contribution is 2.15. The highest BCUT2D eigenvalue weighted by atomic mass is 16.3. The number of hydrogen-bond acceptors (Lipinski definition) is 6. The van der Waals surface area contributed by atoms with Crippen LogP contribution in [0.25, 0.3) is 0 Å². The van der Waals surface area contributed by atoms with Crippen molar-refractivity contribution in [2.75, 3.05) is 46.3 Å². The first-order chi connectivity index (χ1) is 22.2. The maximum atomic E-state index is 10.6. The number of hydrogen-bond donors (Lipinski definition) is 2. The minimum absolute atomic E-state index is 0.268. The van der Waals surface area contributed by atoms with Crippen molar-refractivity contribution in [2.45, 2.75) is 72.8 Å². The van der Waals surface area contributed by atoms with Gasteiger partial charge in [-0.05, 0) is 94.6 Å². The SMILES string of the molecule is C=CCN1CCNC(C)C1.C=O.CCCCN(C)CCC.CCc1ccc(C)cc1.O=Cc1cccc(Cc2cccc(O)c2)c1. The first kappa shape index (κ1) is 42.4. The molecule has 1 saturated heterocycles. The Labute approximate surface area is 280 Å². The zero-order valence-electron chi connectivity index (χ0n) is 29.5. The second-order valence-electron chi connectivity index (χ2n) is 11.6. The Balaban J connectivity index is 0.000000597. The van der Waals surface area contributed by atoms with Crippen molar-refractivity contribution < 1.29 is 14.7 Å². The van der Waals surface area contributed by atoms with Crippen LogP contribution >= 0.6 is 0 Å². The van der Waals surface area contributed by atoms with Crippen LogP contribution in [0.1, 0.15) is 79.6 Å². The Morgan fingerprint density at radius 2 is 1.59 bits per heavy atom. The van der Waals surface area contributed by atoms with Gasteiger partial charge >= 0.3 is 0 Å². The molecular weight excluding hydrogens is 570 g/mol. The molecule has 3 aromatic carbocycles. The van der Waals surface area contributed by atoms with E-state index in [1.165, 1.54) is 43.5 Å². The molecule has 1 aliphatic heterocycles. The van der Waals surface area contributed by atoms with Gasteiger partial charge in [0.25, 0.3) is 0 Å². The third kappa shape index (κ3) is 21.2. The summed E-state index contributed by atoms with van der Waals surface area (Å²) in [4.78, 5) is 23.4. The minimum Gasteiger partial charge on any atom is -0.508 e. The number of rotatable bonds is 11. The zero-order chi connectivity index (χ0) is 34.6. The predicted molar refractivity (Wildman–Crippen MR) is 197 cm³/mol. The summed E-state index contributed by atoms with van der Waals surface area (Å²) in [5.74, 6) is 0.268. The number of piperazine rings is 1. The summed E-state index contributed by atoms with van der Waals surface area (Å²) in [5, 5.41) is 12.7. The fourth-order valence-electron chi connectivity index (χ4n) is 4.78. The lowest BCUT2D eigenvalue weighted by Crippen LogP contribution is -2.49. The summed E-state index contributed by atoms with van der Waals surface area (Å²) in [6.07, 6.45) is 8.60. The third-order valence-corrected chi connectivity index (χ3v) is 7.27. The Kier molecular flexibility index (Phi) is 25.6. The van der Waals surface area contributed by atoms with E-state index in [2.05, 4.69) is 87.6 Å². The number of aromatic hydroxyl groups is 1. The van der Waals surface area contributed by atoms with E-state index in [0.717, 1.165) is 56.4 Å². The number of phenolic OH excluding ortho intramolecular Hbond substituents is 1. The molecule has 0 spiro atoms. The lowest BCUT2D eigenvalue weighted by Gasteiger charge is -2.30. The van der Waals surface area contributed by atoms with Gasteiger partial charge in [-0.25, -0.2) is 0 Å². The van der Waals surface area contributed by atoms with E-state index in [4.69, 9.17) is 4.79 Å². The van der Waals surface area contributed by atoms with Crippen molar-refractivity contribution in [2.24, 2.45) is 0 Å². The monoisotopic (exact) mass is 631 g/mol. The Bertz CT molecular complexity index is 1180. The number of benzene rings is 3. The van der Waals surface area contributed by atoms with Crippen molar-refractivity contribution in [1.82, 2.24) is 15.1 Å². The normalized spacial score (nSPS) is 13.7. The van der Waals surface area contributed by atoms with Crippen LogP contribution in [0.2, 0.25) is 0 Å². The number of carbonyl (C=O) groups excluding carboxylic acids is 2. The number of aldehydes is 1. The molecule has 1 atom stereocenters. The van der Waals surface area contributed by atoms with Gasteiger partial charge in [-0.3, -0.25) is 9.69 Å². The molecule has 0 aliphatic carbocycles. The molecule has 254 valence electrons. The van der Waals surface area contributed by atoms with Crippen molar-refractivity contribution in [3.05, 3.63) is 113 Å². The van der Waals surface area contributed by atoms with Crippen LogP contribution in [0.4, 0.5) is 0 Å². The number of nitrogens with zero attached hydrogens (tertiary/aromatic N) is 2. The van der Waals surface area contributed by atoms with Gasteiger partial charge in [0, 0.05) is 37.8 Å². The highest BCUT2D eigenvalue weighted by Gasteiger charge is 2.13. The van der Waals surface area contributed by atoms with Gasteiger partial charge in [-0.1, -0.05) is 93.4 Å². The van der Waals surface area contributed by atoms with Crippen LogP contribution in [0.3, 0.4) is 0 Å². The number of phenols is 1. The maximum absolute atomic E-state index is 10.6. The molecule has 0 bridgehead atoms. The number of nitrogens with one attached hydrogen (secondary N) is 1. The summed E-state index contributed by atoms with van der Waals surface area (Å²) in [5.41, 5.74) is 5.53. The van der Waals surface area contributed by atoms with Crippen LogP contribution in [0.5, 0.6) is 5.75 Å². The van der Waals surface area contributed by atoms with Crippen LogP contribution in [0, 0.1) is 6.92 Å². The fourth-order valence-corrected chi connectivity index (χ4v) is 4.78. The van der Waals surface area contributed by atoms with Crippen LogP contribution < -0.4 is 5.32 Å². The minimum atomic E-state index is 0.268. The second kappa shape index (κ2) is 27.7. The van der Waals surface area contributed by atoms with E-state index in [9.17, 15) is 9.90 Å². The maximum Gasteiger partial charge on any atom is 0.150 e. The molecule has 0 saturated carbocycles. The van der Waals surface area contributed by atoms with Gasteiger partial charge in [0.05, 0.1) is 0 Å². The van der Waals surface area contributed by atoms with E-state index >= 15 is 0 Å². The van der Waals surface area contributed by atoms with E-state index in [0.29, 0.717) is 11.6 Å². The van der Waals surface area contributed by atoms with Crippen LogP contribution in [-0.4, -0.2) is 80.3 Å². The molecule has 0 amide bonds. The van der Waals surface area contributed by atoms with Gasteiger partial charge < -0.3 is 20.1 Å². The zero-order valence-corrected chi connectivity index (χ0v) is 29.5. The average Bonchev–Trinajstić information content (AvgIpc) is 3.06. The molecule has 1 fully saturated rings. The first-order valence-electron chi connectivity index (χ1n) is 16.7. The van der Waals surface area contributed by atoms with Crippen LogP contribution in [-0.2, 0) is 17.6 Å². The largest absolute Gasteiger partial charge is 0.508 e. The summed E-state index contributed by atoms with van der Waals surface area (Å²) in [6.45, 7) is 23.7. The molecule has 0 aromatic heterocycles. The molecule has 6 heteroatoms. The van der Waals surface area contributed by atoms with Gasteiger partial charge in [-0.15, -0.1) is 6.58 Å². The molecule has 3 aromatic rings. The topological polar surface area (TPSA) is 72.9 Å². The number of unbranched alkanes of at least 4 members (excludes halogenated alkanes) is 1. The van der Waals surface area contributed by atoms with Gasteiger partial charge in [0.2, 0.25) is 0 Å². The second-order valence-corrected chi connectivity index (χ2v) is 11.6. The number of aryl methyl sites for hydroxylation is 2. The predicted octanol–water partition coefficient (Wildman–Crippen LogP) is 7.76. The first-order valence-corrected chi connectivity index (χ1v) is 16.7. The molecular formula is C40H61N3O3. The van der Waals surface area contributed by atoms with E-state index in [1.54, 1.807) is 18.2 Å². The van der Waals surface area contributed by atoms with Crippen molar-refractivity contribution in [3.8, 4) is 5.75 Å². The van der Waals surface area contributed by atoms with Gasteiger partial charge in [0.1, 0.15) is 18.8 Å². The van der Waals surface area contributed by atoms with Gasteiger partial charge in [0.15, 0.2) is 0 Å². The third-order valence-electron chi connectivity index (χ3n) is 7.27. The van der Waals surface area contributed by atoms with Crippen molar-refractivity contribution in [3.63, 3.8) is 0 Å². The standard InChI is InChI=1S/C14H12O2.C9H12.C8H16N2.C8H19N.CH2O/c15-10-13-5-1-3-11(8-13)7-12-4-2-6-14(16)9-12;1-3-9-6-4-8(2)5-7-9;1-3-5-10-6-4-9-8(2)7-10;1-4-6-8-9(3)7-5-2;1-2/h1-6,8-10,16H,7H2;4-7H,3H2,1-2H3;3,8-9H,1,4-7H2,2H3;4-8H2,1-3H3;1H2. The Hall–Kier alpha value is -3.58. The van der Waals surface area contributed by atoms with E-state index in [1.807, 2.05) is 43.2 Å². The Morgan fingerprint density at radius 1 is 0.935 bits per heavy atom. The van der Waals surface area contributed by atoms with Gasteiger partial charge in [-0.2, -0.15) is 0 Å². The molecule has 1 unspecified atom stereocenters. The summed E-state index contributed by atoms with van der Waals surface area (Å²) < 4.78 is 0. The molecule has 6 nitrogen and oxygen atoms in total. The molecule has 4 rings (SSSR count). The summed E-state index contributed by atoms with van der Waals surface area (Å²) in [7, 11) is 2.19. The molecule has 46 heavy (non-hydrogen) atoms. The fraction of sp³-hybridized carbons (Fsp3) is 0.450. The van der Waals surface area contributed by atoms with Crippen LogP contribution in [0.15, 0.2) is 85.5 Å².